The molecule has 1 atom stereocenters. The van der Waals surface area contributed by atoms with Gasteiger partial charge in [-0.1, -0.05) is 18.9 Å². The molecule has 0 aromatic rings. The fraction of sp³-hybridized carbons (Fsp3) is 0.833. The third kappa shape index (κ3) is 2.18. The Morgan fingerprint density at radius 2 is 2.07 bits per heavy atom. The first kappa shape index (κ1) is 10.2. The molecule has 1 fully saturated rings. The Balaban J connectivity index is 2.05. The van der Waals surface area contributed by atoms with Gasteiger partial charge in [-0.05, 0) is 31.3 Å². The van der Waals surface area contributed by atoms with Crippen LogP contribution in [0.5, 0.6) is 0 Å². The van der Waals surface area contributed by atoms with Crippen molar-refractivity contribution in [3.63, 3.8) is 0 Å². The molecule has 1 unspecified atom stereocenters. The summed E-state index contributed by atoms with van der Waals surface area (Å²) in [5.74, 6) is 0. The smallest absolute Gasteiger partial charge is 0.111 e. The van der Waals surface area contributed by atoms with Crippen LogP contribution < -0.4 is 0 Å². The zero-order valence-electron chi connectivity index (χ0n) is 8.80. The molecule has 0 aromatic heterocycles. The Kier molecular flexibility index (Phi) is 3.24. The van der Waals surface area contributed by atoms with E-state index in [9.17, 15) is 5.11 Å². The summed E-state index contributed by atoms with van der Waals surface area (Å²) in [7, 11) is 0. The summed E-state index contributed by atoms with van der Waals surface area (Å²) in [6.45, 7) is 1.23. The van der Waals surface area contributed by atoms with E-state index in [-0.39, 0.29) is 0 Å². The monoisotopic (exact) mass is 196 g/mol. The number of ether oxygens (including phenoxy) is 1. The van der Waals surface area contributed by atoms with Crippen molar-refractivity contribution in [2.24, 2.45) is 0 Å². The molecular weight excluding hydrogens is 176 g/mol. The first-order valence-corrected chi connectivity index (χ1v) is 5.81. The van der Waals surface area contributed by atoms with Crippen molar-refractivity contribution < 1.29 is 9.84 Å². The number of hydrogen-bond donors (Lipinski definition) is 1. The van der Waals surface area contributed by atoms with Crippen LogP contribution >= 0.6 is 0 Å². The van der Waals surface area contributed by atoms with E-state index in [0.29, 0.717) is 13.2 Å². The highest BCUT2D eigenvalue weighted by Gasteiger charge is 2.35. The molecule has 2 rings (SSSR count). The predicted molar refractivity (Wildman–Crippen MR) is 56.2 cm³/mol. The highest BCUT2D eigenvalue weighted by molar-refractivity contribution is 5.18. The molecule has 0 saturated carbocycles. The van der Waals surface area contributed by atoms with Gasteiger partial charge in [0.15, 0.2) is 0 Å². The molecule has 1 heterocycles. The molecule has 1 saturated heterocycles. The van der Waals surface area contributed by atoms with Crippen molar-refractivity contribution >= 4 is 0 Å². The SMILES string of the molecule is OC1(C2=CCCCCCC2)CCOC1. The van der Waals surface area contributed by atoms with E-state index >= 15 is 0 Å². The third-order valence-electron chi connectivity index (χ3n) is 3.39. The summed E-state index contributed by atoms with van der Waals surface area (Å²) in [4.78, 5) is 0. The first-order chi connectivity index (χ1) is 6.81. The second-order valence-electron chi connectivity index (χ2n) is 4.52. The van der Waals surface area contributed by atoms with E-state index in [1.807, 2.05) is 0 Å². The molecule has 80 valence electrons. The number of rotatable bonds is 1. The number of hydrogen-bond acceptors (Lipinski definition) is 2. The predicted octanol–water partition coefficient (Wildman–Crippen LogP) is 2.42. The largest absolute Gasteiger partial charge is 0.383 e. The van der Waals surface area contributed by atoms with Gasteiger partial charge in [0, 0.05) is 13.0 Å². The van der Waals surface area contributed by atoms with E-state index in [1.54, 1.807) is 0 Å². The molecule has 14 heavy (non-hydrogen) atoms. The van der Waals surface area contributed by atoms with E-state index < -0.39 is 5.60 Å². The highest BCUT2D eigenvalue weighted by Crippen LogP contribution is 2.32. The minimum absolute atomic E-state index is 0.513. The van der Waals surface area contributed by atoms with E-state index in [2.05, 4.69) is 6.08 Å². The fourth-order valence-corrected chi connectivity index (χ4v) is 2.42. The zero-order chi connectivity index (χ0) is 9.86. The van der Waals surface area contributed by atoms with Crippen LogP contribution in [0.1, 0.15) is 44.9 Å². The molecule has 0 radical (unpaired) electrons. The molecule has 2 aliphatic rings. The second kappa shape index (κ2) is 4.45. The van der Waals surface area contributed by atoms with Gasteiger partial charge in [0.1, 0.15) is 5.60 Å². The quantitative estimate of drug-likeness (QED) is 0.653. The van der Waals surface area contributed by atoms with E-state index in [1.165, 1.54) is 31.3 Å². The van der Waals surface area contributed by atoms with Crippen LogP contribution in [-0.2, 0) is 4.74 Å². The molecule has 1 N–H and O–H groups in total. The van der Waals surface area contributed by atoms with Gasteiger partial charge in [-0.3, -0.25) is 0 Å². The fourth-order valence-electron chi connectivity index (χ4n) is 2.42. The Morgan fingerprint density at radius 1 is 1.21 bits per heavy atom. The van der Waals surface area contributed by atoms with Gasteiger partial charge in [-0.25, -0.2) is 0 Å². The van der Waals surface area contributed by atoms with Gasteiger partial charge in [0.05, 0.1) is 6.61 Å². The number of aliphatic hydroxyl groups is 1. The van der Waals surface area contributed by atoms with Crippen LogP contribution in [0.2, 0.25) is 0 Å². The highest BCUT2D eigenvalue weighted by atomic mass is 16.5. The van der Waals surface area contributed by atoms with Crippen LogP contribution in [0, 0.1) is 0 Å². The molecule has 1 aliphatic carbocycles. The molecule has 1 aliphatic heterocycles. The number of allylic oxidation sites excluding steroid dienone is 1. The lowest BCUT2D eigenvalue weighted by atomic mass is 9.86. The Hall–Kier alpha value is -0.340. The van der Waals surface area contributed by atoms with E-state index in [4.69, 9.17) is 4.74 Å². The summed E-state index contributed by atoms with van der Waals surface area (Å²) < 4.78 is 5.29. The Morgan fingerprint density at radius 3 is 2.86 bits per heavy atom. The van der Waals surface area contributed by atoms with Crippen molar-refractivity contribution in [2.45, 2.75) is 50.5 Å². The summed E-state index contributed by atoms with van der Waals surface area (Å²) in [6, 6.07) is 0. The molecule has 0 spiro atoms. The Bertz CT molecular complexity index is 214. The molecular formula is C12H20O2. The molecule has 2 nitrogen and oxygen atoms in total. The van der Waals surface area contributed by atoms with Crippen molar-refractivity contribution in [1.29, 1.82) is 0 Å². The van der Waals surface area contributed by atoms with Crippen LogP contribution in [-0.4, -0.2) is 23.9 Å². The summed E-state index contributed by atoms with van der Waals surface area (Å²) in [6.07, 6.45) is 10.4. The van der Waals surface area contributed by atoms with Gasteiger partial charge in [-0.2, -0.15) is 0 Å². The summed E-state index contributed by atoms with van der Waals surface area (Å²) in [5.41, 5.74) is 0.631. The second-order valence-corrected chi connectivity index (χ2v) is 4.52. The first-order valence-electron chi connectivity index (χ1n) is 5.81. The van der Waals surface area contributed by atoms with Crippen molar-refractivity contribution in [3.05, 3.63) is 11.6 Å². The summed E-state index contributed by atoms with van der Waals surface area (Å²) >= 11 is 0. The third-order valence-corrected chi connectivity index (χ3v) is 3.39. The van der Waals surface area contributed by atoms with Gasteiger partial charge >= 0.3 is 0 Å². The maximum absolute atomic E-state index is 10.3. The van der Waals surface area contributed by atoms with Gasteiger partial charge in [-0.15, -0.1) is 0 Å². The minimum atomic E-state index is -0.614. The van der Waals surface area contributed by atoms with Crippen LogP contribution in [0.15, 0.2) is 11.6 Å². The summed E-state index contributed by atoms with van der Waals surface area (Å²) in [5, 5.41) is 10.3. The van der Waals surface area contributed by atoms with Gasteiger partial charge < -0.3 is 9.84 Å². The molecule has 2 heteroatoms. The van der Waals surface area contributed by atoms with Crippen LogP contribution in [0.4, 0.5) is 0 Å². The topological polar surface area (TPSA) is 29.5 Å². The lowest BCUT2D eigenvalue weighted by Crippen LogP contribution is -2.31. The van der Waals surface area contributed by atoms with Gasteiger partial charge in [0.25, 0.3) is 0 Å². The van der Waals surface area contributed by atoms with Gasteiger partial charge in [0.2, 0.25) is 0 Å². The minimum Gasteiger partial charge on any atom is -0.383 e. The van der Waals surface area contributed by atoms with Crippen molar-refractivity contribution in [2.75, 3.05) is 13.2 Å². The standard InChI is InChI=1S/C12H20O2/c13-12(8-9-14-10-12)11-6-4-2-1-3-5-7-11/h6,13H,1-5,7-10H2. The lowest BCUT2D eigenvalue weighted by molar-refractivity contribution is 0.0547. The van der Waals surface area contributed by atoms with Crippen LogP contribution in [0.3, 0.4) is 0 Å². The molecule has 0 amide bonds. The normalized spacial score (nSPS) is 34.8. The zero-order valence-corrected chi connectivity index (χ0v) is 8.80. The molecule has 0 bridgehead atoms. The lowest BCUT2D eigenvalue weighted by Gasteiger charge is -2.25. The van der Waals surface area contributed by atoms with E-state index in [0.717, 1.165) is 19.3 Å². The average Bonchev–Trinajstić information content (AvgIpc) is 2.52. The average molecular weight is 196 g/mol. The maximum atomic E-state index is 10.3. The Labute approximate surface area is 86.0 Å². The van der Waals surface area contributed by atoms with Crippen LogP contribution in [0.25, 0.3) is 0 Å². The van der Waals surface area contributed by atoms with Crippen molar-refractivity contribution in [1.82, 2.24) is 0 Å². The van der Waals surface area contributed by atoms with Crippen molar-refractivity contribution in [3.8, 4) is 0 Å². The molecule has 0 aromatic carbocycles. The maximum Gasteiger partial charge on any atom is 0.111 e.